The molecule has 6 heteroatoms. The Hall–Kier alpha value is -3.15. The molecule has 0 radical (unpaired) electrons. The first-order valence-corrected chi connectivity index (χ1v) is 9.11. The Balaban J connectivity index is 1.71. The average Bonchev–Trinajstić information content (AvgIpc) is 3.15. The molecule has 0 saturated carbocycles. The van der Waals surface area contributed by atoms with E-state index < -0.39 is 0 Å². The molecule has 2 aromatic carbocycles. The first-order valence-electron chi connectivity index (χ1n) is 9.11. The van der Waals surface area contributed by atoms with E-state index in [1.54, 1.807) is 38.4 Å². The summed E-state index contributed by atoms with van der Waals surface area (Å²) in [6, 6.07) is 15.1. The number of carbonyl (C=O) groups is 1. The van der Waals surface area contributed by atoms with E-state index in [9.17, 15) is 4.79 Å². The van der Waals surface area contributed by atoms with Gasteiger partial charge < -0.3 is 14.1 Å². The molecule has 0 saturated heterocycles. The number of aromatic nitrogens is 2. The summed E-state index contributed by atoms with van der Waals surface area (Å²) in [4.78, 5) is 14.1. The van der Waals surface area contributed by atoms with Crippen LogP contribution in [0, 0.1) is 0 Å². The van der Waals surface area contributed by atoms with Gasteiger partial charge >= 0.3 is 0 Å². The zero-order valence-corrected chi connectivity index (χ0v) is 16.9. The molecule has 0 bridgehead atoms. The zero-order valence-electron chi connectivity index (χ0n) is 16.9. The van der Waals surface area contributed by atoms with Crippen LogP contribution < -0.4 is 4.74 Å². The highest BCUT2D eigenvalue weighted by atomic mass is 16.5. The fourth-order valence-corrected chi connectivity index (χ4v) is 2.80. The molecule has 0 unspecified atom stereocenters. The molecule has 3 rings (SSSR count). The molecule has 146 valence electrons. The zero-order chi connectivity index (χ0) is 20.3. The molecule has 1 amide bonds. The van der Waals surface area contributed by atoms with Crippen molar-refractivity contribution in [1.29, 1.82) is 0 Å². The van der Waals surface area contributed by atoms with Crippen LogP contribution in [-0.4, -0.2) is 35.2 Å². The summed E-state index contributed by atoms with van der Waals surface area (Å²) in [7, 11) is 3.27. The minimum absolute atomic E-state index is 0.0850. The van der Waals surface area contributed by atoms with Crippen molar-refractivity contribution in [3.05, 3.63) is 65.5 Å². The quantitative estimate of drug-likeness (QED) is 0.660. The van der Waals surface area contributed by atoms with Crippen molar-refractivity contribution in [1.82, 2.24) is 15.1 Å². The second-order valence-electron chi connectivity index (χ2n) is 7.72. The largest absolute Gasteiger partial charge is 0.497 e. The maximum Gasteiger partial charge on any atom is 0.254 e. The van der Waals surface area contributed by atoms with Gasteiger partial charge in [-0.1, -0.05) is 39.0 Å². The van der Waals surface area contributed by atoms with Crippen LogP contribution >= 0.6 is 0 Å². The van der Waals surface area contributed by atoms with Crippen LogP contribution in [0.4, 0.5) is 0 Å². The van der Waals surface area contributed by atoms with Gasteiger partial charge in [0, 0.05) is 18.2 Å². The molecular weight excluding hydrogens is 354 g/mol. The number of benzene rings is 2. The van der Waals surface area contributed by atoms with Crippen molar-refractivity contribution in [3.63, 3.8) is 0 Å². The predicted molar refractivity (Wildman–Crippen MR) is 107 cm³/mol. The van der Waals surface area contributed by atoms with Gasteiger partial charge in [-0.15, -0.1) is 10.2 Å². The monoisotopic (exact) mass is 379 g/mol. The number of rotatable bonds is 5. The highest BCUT2D eigenvalue weighted by molar-refractivity contribution is 5.94. The van der Waals surface area contributed by atoms with Gasteiger partial charge in [0.15, 0.2) is 0 Å². The summed E-state index contributed by atoms with van der Waals surface area (Å²) >= 11 is 0. The number of hydrogen-bond acceptors (Lipinski definition) is 5. The van der Waals surface area contributed by atoms with Gasteiger partial charge in [0.05, 0.1) is 13.7 Å². The van der Waals surface area contributed by atoms with Gasteiger partial charge in [-0.25, -0.2) is 0 Å². The first kappa shape index (κ1) is 19.6. The average molecular weight is 379 g/mol. The molecule has 6 nitrogen and oxygen atoms in total. The second-order valence-corrected chi connectivity index (χ2v) is 7.72. The lowest BCUT2D eigenvalue weighted by Crippen LogP contribution is -2.26. The van der Waals surface area contributed by atoms with Gasteiger partial charge in [0.25, 0.3) is 5.91 Å². The third-order valence-corrected chi connectivity index (χ3v) is 4.50. The Morgan fingerprint density at radius 3 is 2.46 bits per heavy atom. The Morgan fingerprint density at radius 1 is 1.11 bits per heavy atom. The van der Waals surface area contributed by atoms with E-state index in [-0.39, 0.29) is 17.9 Å². The van der Waals surface area contributed by atoms with Crippen LogP contribution in [0.15, 0.2) is 52.9 Å². The van der Waals surface area contributed by atoms with E-state index in [1.807, 2.05) is 12.1 Å². The maximum absolute atomic E-state index is 12.6. The lowest BCUT2D eigenvalue weighted by Gasteiger charge is -2.18. The van der Waals surface area contributed by atoms with Crippen molar-refractivity contribution in [3.8, 4) is 17.2 Å². The van der Waals surface area contributed by atoms with E-state index in [2.05, 4.69) is 43.1 Å². The van der Waals surface area contributed by atoms with Gasteiger partial charge in [0.1, 0.15) is 5.75 Å². The van der Waals surface area contributed by atoms with Crippen LogP contribution in [-0.2, 0) is 12.0 Å². The van der Waals surface area contributed by atoms with E-state index in [0.717, 1.165) is 5.56 Å². The first-order chi connectivity index (χ1) is 13.3. The number of nitrogens with zero attached hydrogens (tertiary/aromatic N) is 3. The van der Waals surface area contributed by atoms with Crippen molar-refractivity contribution in [2.45, 2.75) is 32.7 Å². The lowest BCUT2D eigenvalue weighted by atomic mass is 9.87. The molecule has 0 fully saturated rings. The van der Waals surface area contributed by atoms with Crippen LogP contribution in [0.25, 0.3) is 11.5 Å². The number of carbonyl (C=O) groups excluding carboxylic acids is 1. The molecule has 0 atom stereocenters. The van der Waals surface area contributed by atoms with Crippen molar-refractivity contribution >= 4 is 5.91 Å². The van der Waals surface area contributed by atoms with E-state index in [4.69, 9.17) is 9.15 Å². The third kappa shape index (κ3) is 4.39. The van der Waals surface area contributed by atoms with Gasteiger partial charge in [-0.05, 0) is 41.3 Å². The SMILES string of the molecule is COc1cccc(C(=O)N(C)Cc2nnc(-c3ccc(C(C)(C)C)cc3)o2)c1. The second kappa shape index (κ2) is 7.84. The third-order valence-electron chi connectivity index (χ3n) is 4.50. The molecule has 0 spiro atoms. The Morgan fingerprint density at radius 2 is 1.82 bits per heavy atom. The molecule has 0 aliphatic heterocycles. The summed E-state index contributed by atoms with van der Waals surface area (Å²) in [6.45, 7) is 6.73. The minimum atomic E-state index is -0.145. The van der Waals surface area contributed by atoms with E-state index in [1.165, 1.54) is 10.5 Å². The maximum atomic E-state index is 12.6. The van der Waals surface area contributed by atoms with E-state index >= 15 is 0 Å². The minimum Gasteiger partial charge on any atom is -0.497 e. The van der Waals surface area contributed by atoms with Crippen molar-refractivity contribution in [2.24, 2.45) is 0 Å². The van der Waals surface area contributed by atoms with Gasteiger partial charge in [0.2, 0.25) is 11.8 Å². The van der Waals surface area contributed by atoms with Crippen LogP contribution in [0.1, 0.15) is 42.6 Å². The number of hydrogen-bond donors (Lipinski definition) is 0. The standard InChI is InChI=1S/C22H25N3O3/c1-22(2,3)17-11-9-15(10-12-17)20-24-23-19(28-20)14-25(4)21(26)16-7-6-8-18(13-16)27-5/h6-13H,14H2,1-5H3. The predicted octanol–water partition coefficient (Wildman–Crippen LogP) is 4.31. The Kier molecular flexibility index (Phi) is 5.49. The van der Waals surface area contributed by atoms with Crippen LogP contribution in [0.2, 0.25) is 0 Å². The van der Waals surface area contributed by atoms with Crippen LogP contribution in [0.5, 0.6) is 5.75 Å². The number of amides is 1. The summed E-state index contributed by atoms with van der Waals surface area (Å²) < 4.78 is 10.9. The highest BCUT2D eigenvalue weighted by Gasteiger charge is 2.18. The number of methoxy groups -OCH3 is 1. The van der Waals surface area contributed by atoms with Gasteiger partial charge in [-0.2, -0.15) is 0 Å². The summed E-state index contributed by atoms with van der Waals surface area (Å²) in [5.74, 6) is 1.32. The normalized spacial score (nSPS) is 11.3. The summed E-state index contributed by atoms with van der Waals surface area (Å²) in [5.41, 5.74) is 2.72. The topological polar surface area (TPSA) is 68.5 Å². The molecule has 0 N–H and O–H groups in total. The van der Waals surface area contributed by atoms with Gasteiger partial charge in [-0.3, -0.25) is 4.79 Å². The van der Waals surface area contributed by atoms with Crippen LogP contribution in [0.3, 0.4) is 0 Å². The lowest BCUT2D eigenvalue weighted by molar-refractivity contribution is 0.0772. The highest BCUT2D eigenvalue weighted by Crippen LogP contribution is 2.25. The van der Waals surface area contributed by atoms with Crippen molar-refractivity contribution in [2.75, 3.05) is 14.2 Å². The van der Waals surface area contributed by atoms with E-state index in [0.29, 0.717) is 23.1 Å². The summed E-state index contributed by atoms with van der Waals surface area (Å²) in [5, 5.41) is 8.19. The molecule has 28 heavy (non-hydrogen) atoms. The molecule has 0 aliphatic carbocycles. The molecule has 0 aliphatic rings. The molecule has 3 aromatic rings. The molecule has 1 heterocycles. The smallest absolute Gasteiger partial charge is 0.254 e. The fraction of sp³-hybridized carbons (Fsp3) is 0.318. The fourth-order valence-electron chi connectivity index (χ4n) is 2.80. The number of ether oxygens (including phenoxy) is 1. The Labute approximate surface area is 165 Å². The summed E-state index contributed by atoms with van der Waals surface area (Å²) in [6.07, 6.45) is 0. The van der Waals surface area contributed by atoms with Crippen molar-refractivity contribution < 1.29 is 13.9 Å². The molecule has 1 aromatic heterocycles. The Bertz CT molecular complexity index is 956. The molecular formula is C22H25N3O3.